The molecule has 3 heteroatoms. The molecule has 8 heavy (non-hydrogen) atoms. The smallest absolute Gasteiger partial charge is 0.255 e. The third-order valence-electron chi connectivity index (χ3n) is 1.10. The second-order valence-electron chi connectivity index (χ2n) is 2.62. The van der Waals surface area contributed by atoms with Crippen LogP contribution >= 0.6 is 0 Å². The zero-order chi connectivity index (χ0) is 6.78. The van der Waals surface area contributed by atoms with Crippen LogP contribution in [0.15, 0.2) is 0 Å². The molecule has 0 spiro atoms. The van der Waals surface area contributed by atoms with E-state index in [1.165, 1.54) is 0 Å². The number of amides is 1. The van der Waals surface area contributed by atoms with E-state index in [-0.39, 0.29) is 0 Å². The molecule has 0 fully saturated rings. The van der Waals surface area contributed by atoms with E-state index in [2.05, 4.69) is 0 Å². The van der Waals surface area contributed by atoms with E-state index in [1.807, 2.05) is 21.1 Å². The van der Waals surface area contributed by atoms with E-state index in [1.54, 1.807) is 12.1 Å². The van der Waals surface area contributed by atoms with E-state index in [0.717, 1.165) is 6.41 Å². The molecule has 48 valence electrons. The van der Waals surface area contributed by atoms with Gasteiger partial charge in [0.2, 0.25) is 0 Å². The predicted molar refractivity (Wildman–Crippen MR) is 31.9 cm³/mol. The number of hydrogen-bond donors (Lipinski definition) is 0. The summed E-state index contributed by atoms with van der Waals surface area (Å²) in [5, 5.41) is 1.57. The minimum Gasteiger partial charge on any atom is -0.273 e. The van der Waals surface area contributed by atoms with Gasteiger partial charge in [0.05, 0.1) is 28.2 Å². The highest BCUT2D eigenvalue weighted by molar-refractivity contribution is 5.44. The molecule has 0 heterocycles. The molecular formula is C5H13N2O+. The molecule has 0 aliphatic heterocycles. The third kappa shape index (κ3) is 1.93. The lowest BCUT2D eigenvalue weighted by molar-refractivity contribution is -0.969. The van der Waals surface area contributed by atoms with Gasteiger partial charge in [-0.1, -0.05) is 0 Å². The Morgan fingerprint density at radius 1 is 1.38 bits per heavy atom. The Balaban J connectivity index is 3.80. The molecule has 3 nitrogen and oxygen atoms in total. The van der Waals surface area contributed by atoms with E-state index in [9.17, 15) is 4.79 Å². The molecule has 1 amide bonds. The van der Waals surface area contributed by atoms with Gasteiger partial charge in [-0.3, -0.25) is 4.79 Å². The predicted octanol–water partition coefficient (Wildman–Crippen LogP) is -0.304. The van der Waals surface area contributed by atoms with E-state index in [0.29, 0.717) is 4.59 Å². The fraction of sp³-hybridized carbons (Fsp3) is 0.800. The summed E-state index contributed by atoms with van der Waals surface area (Å²) in [5.74, 6) is 0. The molecule has 0 bridgehead atoms. The minimum absolute atomic E-state index is 0.545. The van der Waals surface area contributed by atoms with Crippen molar-refractivity contribution in [1.29, 1.82) is 0 Å². The highest BCUT2D eigenvalue weighted by Gasteiger charge is 2.11. The quantitative estimate of drug-likeness (QED) is 0.276. The van der Waals surface area contributed by atoms with Crippen molar-refractivity contribution in [3.8, 4) is 0 Å². The monoisotopic (exact) mass is 117 g/mol. The van der Waals surface area contributed by atoms with Crippen LogP contribution in [0, 0.1) is 0 Å². The number of quaternary nitrogens is 1. The molecule has 0 aromatic carbocycles. The summed E-state index contributed by atoms with van der Waals surface area (Å²) in [7, 11) is 7.52. The van der Waals surface area contributed by atoms with Gasteiger partial charge in [0.1, 0.15) is 0 Å². The molecule has 0 aromatic rings. The van der Waals surface area contributed by atoms with Crippen molar-refractivity contribution >= 4 is 6.41 Å². The van der Waals surface area contributed by atoms with Gasteiger partial charge in [0.15, 0.2) is 0 Å². The summed E-state index contributed by atoms with van der Waals surface area (Å²) in [6.07, 6.45) is 0.806. The van der Waals surface area contributed by atoms with Crippen molar-refractivity contribution in [2.75, 3.05) is 28.2 Å². The maximum Gasteiger partial charge on any atom is 0.255 e. The summed E-state index contributed by atoms with van der Waals surface area (Å²) >= 11 is 0. The summed E-state index contributed by atoms with van der Waals surface area (Å²) in [6.45, 7) is 0. The number of carbonyl (C=O) groups excluding carboxylic acids is 1. The van der Waals surface area contributed by atoms with Crippen LogP contribution in [0.4, 0.5) is 0 Å². The van der Waals surface area contributed by atoms with E-state index in [4.69, 9.17) is 0 Å². The van der Waals surface area contributed by atoms with Crippen LogP contribution in [0.2, 0.25) is 0 Å². The standard InChI is InChI=1S/C5H13N2O/c1-6(5-8)7(2,3)4/h5H,1-4H3/q+1. The van der Waals surface area contributed by atoms with E-state index >= 15 is 0 Å². The molecule has 0 aliphatic rings. The Morgan fingerprint density at radius 2 is 1.75 bits per heavy atom. The molecule has 0 rings (SSSR count). The molecular weight excluding hydrogens is 104 g/mol. The van der Waals surface area contributed by atoms with Crippen molar-refractivity contribution < 1.29 is 9.39 Å². The zero-order valence-corrected chi connectivity index (χ0v) is 5.88. The molecule has 0 radical (unpaired) electrons. The third-order valence-corrected chi connectivity index (χ3v) is 1.10. The highest BCUT2D eigenvalue weighted by atomic mass is 16.2. The normalized spacial score (nSPS) is 11.0. The van der Waals surface area contributed by atoms with Crippen LogP contribution in [0.5, 0.6) is 0 Å². The molecule has 0 saturated carbocycles. The fourth-order valence-corrected chi connectivity index (χ4v) is 0.141. The summed E-state index contributed by atoms with van der Waals surface area (Å²) in [4.78, 5) is 10.1. The number of rotatable bonds is 2. The van der Waals surface area contributed by atoms with Gasteiger partial charge in [-0.05, 0) is 0 Å². The van der Waals surface area contributed by atoms with Gasteiger partial charge in [0, 0.05) is 0 Å². The number of nitrogens with zero attached hydrogens (tertiary/aromatic N) is 2. The molecule has 0 aromatic heterocycles. The average molecular weight is 117 g/mol. The van der Waals surface area contributed by atoms with Crippen LogP contribution in [-0.2, 0) is 4.79 Å². The van der Waals surface area contributed by atoms with Crippen molar-refractivity contribution in [1.82, 2.24) is 5.01 Å². The Morgan fingerprint density at radius 3 is 1.75 bits per heavy atom. The molecule has 0 N–H and O–H groups in total. The summed E-state index contributed by atoms with van der Waals surface area (Å²) in [6, 6.07) is 0. The Hall–Kier alpha value is -0.570. The lowest BCUT2D eigenvalue weighted by Crippen LogP contribution is -2.48. The molecule has 0 unspecified atom stereocenters. The zero-order valence-electron chi connectivity index (χ0n) is 5.88. The number of hydrogen-bond acceptors (Lipinski definition) is 1. The van der Waals surface area contributed by atoms with Gasteiger partial charge in [-0.25, -0.2) is 4.59 Å². The topological polar surface area (TPSA) is 20.3 Å². The van der Waals surface area contributed by atoms with Gasteiger partial charge in [-0.2, -0.15) is 5.01 Å². The van der Waals surface area contributed by atoms with Crippen LogP contribution in [0.25, 0.3) is 0 Å². The summed E-state index contributed by atoms with van der Waals surface area (Å²) < 4.78 is 0.545. The number of carbonyl (C=O) groups is 1. The van der Waals surface area contributed by atoms with Gasteiger partial charge >= 0.3 is 0 Å². The Bertz CT molecular complexity index is 84.9. The minimum atomic E-state index is 0.545. The Kier molecular flexibility index (Phi) is 1.98. The summed E-state index contributed by atoms with van der Waals surface area (Å²) in [5.41, 5.74) is 0. The van der Waals surface area contributed by atoms with Crippen LogP contribution in [0.1, 0.15) is 0 Å². The van der Waals surface area contributed by atoms with Gasteiger partial charge in [0.25, 0.3) is 6.41 Å². The van der Waals surface area contributed by atoms with Crippen molar-refractivity contribution in [2.24, 2.45) is 0 Å². The van der Waals surface area contributed by atoms with Crippen LogP contribution in [0.3, 0.4) is 0 Å². The lowest BCUT2D eigenvalue weighted by atomic mass is 10.8. The van der Waals surface area contributed by atoms with Crippen molar-refractivity contribution in [3.63, 3.8) is 0 Å². The lowest BCUT2D eigenvalue weighted by Gasteiger charge is -2.29. The molecule has 0 atom stereocenters. The first kappa shape index (κ1) is 7.43. The van der Waals surface area contributed by atoms with Gasteiger partial charge in [-0.15, -0.1) is 0 Å². The molecule has 0 aliphatic carbocycles. The second-order valence-corrected chi connectivity index (χ2v) is 2.62. The van der Waals surface area contributed by atoms with Crippen LogP contribution in [-0.4, -0.2) is 44.2 Å². The SMILES string of the molecule is CN(C=O)[N+](C)(C)C. The van der Waals surface area contributed by atoms with E-state index < -0.39 is 0 Å². The maximum atomic E-state index is 10.1. The van der Waals surface area contributed by atoms with Crippen LogP contribution < -0.4 is 0 Å². The fourth-order valence-electron chi connectivity index (χ4n) is 0.141. The van der Waals surface area contributed by atoms with Crippen molar-refractivity contribution in [2.45, 2.75) is 0 Å². The first-order chi connectivity index (χ1) is 3.48. The first-order valence-corrected chi connectivity index (χ1v) is 2.48. The Labute approximate surface area is 50.1 Å². The van der Waals surface area contributed by atoms with Crippen molar-refractivity contribution in [3.05, 3.63) is 0 Å². The maximum absolute atomic E-state index is 10.1. The second kappa shape index (κ2) is 2.13. The van der Waals surface area contributed by atoms with Gasteiger partial charge < -0.3 is 0 Å². The average Bonchev–Trinajstić information content (AvgIpc) is 1.62. The highest BCUT2D eigenvalue weighted by Crippen LogP contribution is 1.90. The molecule has 0 saturated heterocycles. The first-order valence-electron chi connectivity index (χ1n) is 2.48. The largest absolute Gasteiger partial charge is 0.273 e.